The predicted molar refractivity (Wildman–Crippen MR) is 141 cm³/mol. The maximum Gasteiger partial charge on any atom is 0.335 e. The van der Waals surface area contributed by atoms with Crippen molar-refractivity contribution in [3.8, 4) is 5.75 Å². The van der Waals surface area contributed by atoms with Crippen molar-refractivity contribution in [1.82, 2.24) is 10.3 Å². The smallest absolute Gasteiger partial charge is 0.335 e. The van der Waals surface area contributed by atoms with Gasteiger partial charge in [-0.2, -0.15) is 0 Å². The van der Waals surface area contributed by atoms with Crippen LogP contribution in [0, 0.1) is 0 Å². The van der Waals surface area contributed by atoms with Crippen LogP contribution >= 0.6 is 0 Å². The first-order chi connectivity index (χ1) is 17.2. The number of aromatic nitrogens is 1. The maximum atomic E-state index is 11.0. The van der Waals surface area contributed by atoms with E-state index < -0.39 is 18.2 Å². The minimum absolute atomic E-state index is 0.0652. The number of H-pyrrole nitrogens is 1. The van der Waals surface area contributed by atoms with Crippen LogP contribution in [-0.2, 0) is 0 Å². The van der Waals surface area contributed by atoms with E-state index in [9.17, 15) is 15.0 Å². The van der Waals surface area contributed by atoms with Crippen molar-refractivity contribution in [3.05, 3.63) is 102 Å². The van der Waals surface area contributed by atoms with Gasteiger partial charge in [-0.05, 0) is 56.7 Å². The van der Waals surface area contributed by atoms with Crippen molar-refractivity contribution < 1.29 is 24.9 Å². The summed E-state index contributed by atoms with van der Waals surface area (Å²) in [6.45, 7) is 6.74. The highest BCUT2D eigenvalue weighted by Crippen LogP contribution is 2.33. The minimum Gasteiger partial charge on any atom is -0.490 e. The van der Waals surface area contributed by atoms with Gasteiger partial charge in [-0.25, -0.2) is 4.79 Å². The Hall–Kier alpha value is -3.65. The second kappa shape index (κ2) is 12.4. The van der Waals surface area contributed by atoms with E-state index in [0.717, 1.165) is 16.5 Å². The number of rotatable bonds is 8. The number of β-amino-alcohol motifs (C(OH)–C–C–N with tert-alkyl or cyclic N) is 1. The van der Waals surface area contributed by atoms with Crippen LogP contribution in [0.4, 0.5) is 0 Å². The third-order valence-corrected chi connectivity index (χ3v) is 5.46. The van der Waals surface area contributed by atoms with Gasteiger partial charge in [0.05, 0.1) is 5.56 Å². The Morgan fingerprint density at radius 2 is 1.58 bits per heavy atom. The first kappa shape index (κ1) is 26.9. The molecule has 7 heteroatoms. The Labute approximate surface area is 211 Å². The number of fused-ring (bicyclic) bond motifs is 1. The Morgan fingerprint density at radius 1 is 0.917 bits per heavy atom. The lowest BCUT2D eigenvalue weighted by atomic mass is 9.98. The molecule has 2 atom stereocenters. The summed E-state index contributed by atoms with van der Waals surface area (Å²) in [6, 6.07) is 23.5. The predicted octanol–water partition coefficient (Wildman–Crippen LogP) is 4.76. The normalized spacial score (nSPS) is 12.9. The number of aromatic carboxylic acids is 1. The van der Waals surface area contributed by atoms with Crippen molar-refractivity contribution in [3.63, 3.8) is 0 Å². The van der Waals surface area contributed by atoms with Crippen LogP contribution < -0.4 is 10.1 Å². The van der Waals surface area contributed by atoms with Gasteiger partial charge in [-0.1, -0.05) is 48.5 Å². The number of aromatic amines is 1. The van der Waals surface area contributed by atoms with Crippen molar-refractivity contribution in [2.75, 3.05) is 13.2 Å². The summed E-state index contributed by atoms with van der Waals surface area (Å²) in [5.74, 6) is -0.303. The maximum absolute atomic E-state index is 11.0. The van der Waals surface area contributed by atoms with E-state index in [1.807, 2.05) is 75.5 Å². The number of carboxylic acids is 1. The molecule has 0 bridgehead atoms. The van der Waals surface area contributed by atoms with Crippen LogP contribution in [0.3, 0.4) is 0 Å². The van der Waals surface area contributed by atoms with Gasteiger partial charge in [0.2, 0.25) is 0 Å². The molecule has 3 aromatic carbocycles. The van der Waals surface area contributed by atoms with E-state index in [2.05, 4.69) is 10.3 Å². The molecule has 1 aromatic heterocycles. The molecule has 7 nitrogen and oxygen atoms in total. The quantitative estimate of drug-likeness (QED) is 0.243. The van der Waals surface area contributed by atoms with Gasteiger partial charge in [-0.3, -0.25) is 0 Å². The molecular weight excluding hydrogens is 456 g/mol. The second-order valence-electron chi connectivity index (χ2n) is 9.49. The SMILES string of the molecule is CC(C)(C)NC[C@@H](O)COc1ccccc1[C@H](O)c1cccc2[nH]ccc12.O=C(O)c1ccccc1. The summed E-state index contributed by atoms with van der Waals surface area (Å²) in [6.07, 6.45) is 0.412. The number of hydrogen-bond acceptors (Lipinski definition) is 5. The Morgan fingerprint density at radius 3 is 2.25 bits per heavy atom. The number of carbonyl (C=O) groups is 1. The first-order valence-electron chi connectivity index (χ1n) is 11.8. The van der Waals surface area contributed by atoms with Crippen LogP contribution in [0.1, 0.15) is 48.4 Å². The molecule has 4 aromatic rings. The Balaban J connectivity index is 0.000000338. The molecule has 0 amide bonds. The summed E-state index contributed by atoms with van der Waals surface area (Å²) in [5, 5.41) is 33.8. The molecule has 4 rings (SSSR count). The summed E-state index contributed by atoms with van der Waals surface area (Å²) in [5.41, 5.74) is 2.75. The third-order valence-electron chi connectivity index (χ3n) is 5.46. The molecule has 190 valence electrons. The molecule has 5 N–H and O–H groups in total. The number of benzene rings is 3. The van der Waals surface area contributed by atoms with Crippen LogP contribution in [0.25, 0.3) is 10.9 Å². The molecule has 0 fully saturated rings. The largest absolute Gasteiger partial charge is 0.490 e. The molecule has 0 aliphatic rings. The molecule has 1 heterocycles. The number of carboxylic acid groups (broad SMARTS) is 1. The van der Waals surface area contributed by atoms with Gasteiger partial charge >= 0.3 is 5.97 Å². The highest BCUT2D eigenvalue weighted by molar-refractivity contribution is 5.87. The van der Waals surface area contributed by atoms with Crippen molar-refractivity contribution in [1.29, 1.82) is 0 Å². The van der Waals surface area contributed by atoms with Gasteiger partial charge in [0.15, 0.2) is 0 Å². The zero-order valence-electron chi connectivity index (χ0n) is 20.8. The van der Waals surface area contributed by atoms with E-state index in [4.69, 9.17) is 9.84 Å². The molecular formula is C29H34N2O5. The van der Waals surface area contributed by atoms with Gasteiger partial charge in [-0.15, -0.1) is 0 Å². The monoisotopic (exact) mass is 490 g/mol. The van der Waals surface area contributed by atoms with E-state index in [-0.39, 0.29) is 12.1 Å². The zero-order chi connectivity index (χ0) is 26.1. The second-order valence-corrected chi connectivity index (χ2v) is 9.49. The minimum atomic E-state index is -0.879. The standard InChI is InChI=1S/C22H28N2O3.C7H6O2/c1-22(2,3)24-13-15(25)14-27-20-10-5-4-7-18(20)21(26)17-8-6-9-19-16(17)11-12-23-19;8-7(9)6-4-2-1-3-5-6/h4-12,15,21,23-26H,13-14H2,1-3H3;1-5H,(H,8,9)/t15-,21-;/m1./s1. The fraction of sp³-hybridized carbons (Fsp3) is 0.276. The molecule has 36 heavy (non-hydrogen) atoms. The van der Waals surface area contributed by atoms with Gasteiger partial charge in [0.25, 0.3) is 0 Å². The van der Waals surface area contributed by atoms with Gasteiger partial charge in [0, 0.05) is 34.7 Å². The van der Waals surface area contributed by atoms with Crippen LogP contribution in [0.5, 0.6) is 5.75 Å². The lowest BCUT2D eigenvalue weighted by Crippen LogP contribution is -2.42. The van der Waals surface area contributed by atoms with E-state index in [1.165, 1.54) is 0 Å². The summed E-state index contributed by atoms with van der Waals surface area (Å²) < 4.78 is 5.84. The number of nitrogens with one attached hydrogen (secondary N) is 2. The topological polar surface area (TPSA) is 115 Å². The Bertz CT molecular complexity index is 1250. The molecule has 0 aliphatic heterocycles. The average molecular weight is 491 g/mol. The van der Waals surface area contributed by atoms with Crippen molar-refractivity contribution in [2.24, 2.45) is 0 Å². The third kappa shape index (κ3) is 7.68. The summed E-state index contributed by atoms with van der Waals surface area (Å²) in [7, 11) is 0. The number of aliphatic hydroxyl groups excluding tert-OH is 2. The average Bonchev–Trinajstić information content (AvgIpc) is 3.36. The molecule has 0 saturated carbocycles. The lowest BCUT2D eigenvalue weighted by Gasteiger charge is -2.23. The highest BCUT2D eigenvalue weighted by Gasteiger charge is 2.19. The number of aliphatic hydroxyl groups is 2. The van der Waals surface area contributed by atoms with Gasteiger partial charge < -0.3 is 30.4 Å². The number of hydrogen-bond donors (Lipinski definition) is 5. The molecule has 0 aliphatic carbocycles. The molecule has 0 spiro atoms. The fourth-order valence-corrected chi connectivity index (χ4v) is 3.60. The summed E-state index contributed by atoms with van der Waals surface area (Å²) in [4.78, 5) is 13.4. The summed E-state index contributed by atoms with van der Waals surface area (Å²) >= 11 is 0. The van der Waals surface area contributed by atoms with E-state index >= 15 is 0 Å². The van der Waals surface area contributed by atoms with Crippen LogP contribution in [0.2, 0.25) is 0 Å². The zero-order valence-corrected chi connectivity index (χ0v) is 20.8. The van der Waals surface area contributed by atoms with Crippen molar-refractivity contribution >= 4 is 16.9 Å². The Kier molecular flexibility index (Phi) is 9.25. The first-order valence-corrected chi connectivity index (χ1v) is 11.8. The lowest BCUT2D eigenvalue weighted by molar-refractivity contribution is 0.0697. The molecule has 0 saturated heterocycles. The van der Waals surface area contributed by atoms with Gasteiger partial charge in [0.1, 0.15) is 24.6 Å². The van der Waals surface area contributed by atoms with Crippen LogP contribution in [0.15, 0.2) is 85.1 Å². The number of para-hydroxylation sites is 1. The fourth-order valence-electron chi connectivity index (χ4n) is 3.60. The molecule has 0 unspecified atom stereocenters. The van der Waals surface area contributed by atoms with E-state index in [0.29, 0.717) is 23.4 Å². The highest BCUT2D eigenvalue weighted by atomic mass is 16.5. The van der Waals surface area contributed by atoms with Crippen LogP contribution in [-0.4, -0.2) is 51.1 Å². The molecule has 0 radical (unpaired) electrons. The number of ether oxygens (including phenoxy) is 1. The van der Waals surface area contributed by atoms with E-state index in [1.54, 1.807) is 30.3 Å². The van der Waals surface area contributed by atoms with Crippen molar-refractivity contribution in [2.45, 2.75) is 38.5 Å².